The van der Waals surface area contributed by atoms with Gasteiger partial charge in [-0.15, -0.1) is 10.2 Å². The average Bonchev–Trinajstić information content (AvgIpc) is 3.28. The van der Waals surface area contributed by atoms with Gasteiger partial charge in [0.25, 0.3) is 11.8 Å². The van der Waals surface area contributed by atoms with Crippen molar-refractivity contribution in [3.8, 4) is 11.5 Å². The van der Waals surface area contributed by atoms with E-state index >= 15 is 0 Å². The predicted molar refractivity (Wildman–Crippen MR) is 150 cm³/mol. The molecular formula is C28H27F2N9O3. The second-order valence-corrected chi connectivity index (χ2v) is 9.96. The van der Waals surface area contributed by atoms with Crippen LogP contribution in [0.5, 0.6) is 0 Å². The lowest BCUT2D eigenvalue weighted by Gasteiger charge is -2.20. The Bertz CT molecular complexity index is 1660. The number of carbonyl (C=O) groups is 2. The molecule has 5 N–H and O–H groups in total. The van der Waals surface area contributed by atoms with E-state index in [4.69, 9.17) is 4.42 Å². The van der Waals surface area contributed by atoms with Gasteiger partial charge in [0.1, 0.15) is 17.1 Å². The Labute approximate surface area is 238 Å². The van der Waals surface area contributed by atoms with Gasteiger partial charge in [-0.25, -0.2) is 19.3 Å². The summed E-state index contributed by atoms with van der Waals surface area (Å²) in [5.41, 5.74) is 8.89. The molecule has 1 aliphatic heterocycles. The molecule has 0 saturated heterocycles. The van der Waals surface area contributed by atoms with Crippen molar-refractivity contribution in [2.45, 2.75) is 18.4 Å². The third-order valence-electron chi connectivity index (χ3n) is 6.81. The first-order chi connectivity index (χ1) is 20.3. The molecule has 0 radical (unpaired) electrons. The summed E-state index contributed by atoms with van der Waals surface area (Å²) >= 11 is 0. The molecular weight excluding hydrogens is 548 g/mol. The monoisotopic (exact) mass is 575 g/mol. The molecule has 2 atom stereocenters. The smallest absolute Gasteiger partial charge is 0.269 e. The Kier molecular flexibility index (Phi) is 7.22. The van der Waals surface area contributed by atoms with Crippen molar-refractivity contribution in [3.63, 3.8) is 0 Å². The first kappa shape index (κ1) is 27.2. The molecule has 0 bridgehead atoms. The highest BCUT2D eigenvalue weighted by Crippen LogP contribution is 2.49. The first-order valence-electron chi connectivity index (χ1n) is 13.2. The molecule has 2 amide bonds. The Balaban J connectivity index is 1.07. The van der Waals surface area contributed by atoms with Crippen molar-refractivity contribution in [2.75, 3.05) is 25.5 Å². The molecule has 2 aromatic carbocycles. The van der Waals surface area contributed by atoms with E-state index in [1.165, 1.54) is 6.20 Å². The number of hydrogen-bond donors (Lipinski definition) is 5. The highest BCUT2D eigenvalue weighted by Gasteiger charge is 2.61. The van der Waals surface area contributed by atoms with Gasteiger partial charge in [-0.2, -0.15) is 0 Å². The van der Waals surface area contributed by atoms with Crippen molar-refractivity contribution in [3.05, 3.63) is 78.1 Å². The van der Waals surface area contributed by atoms with Gasteiger partial charge in [0.2, 0.25) is 11.8 Å². The lowest BCUT2D eigenvalue weighted by molar-refractivity contribution is -0.119. The summed E-state index contributed by atoms with van der Waals surface area (Å²) in [5, 5.41) is 14.7. The zero-order chi connectivity index (χ0) is 29.3. The Morgan fingerprint density at radius 2 is 1.95 bits per heavy atom. The number of halogens is 2. The molecule has 1 aliphatic carbocycles. The average molecular weight is 576 g/mol. The van der Waals surface area contributed by atoms with Crippen LogP contribution in [0.25, 0.3) is 22.6 Å². The molecule has 0 spiro atoms. The van der Waals surface area contributed by atoms with Crippen molar-refractivity contribution in [1.82, 2.24) is 36.7 Å². The number of anilines is 1. The zero-order valence-electron chi connectivity index (χ0n) is 22.4. The maximum atomic E-state index is 13.2. The summed E-state index contributed by atoms with van der Waals surface area (Å²) in [6, 6.07) is 17.5. The second kappa shape index (κ2) is 11.1. The predicted octanol–water partition coefficient (Wildman–Crippen LogP) is 2.81. The number of aromatic nitrogens is 2. The van der Waals surface area contributed by atoms with Gasteiger partial charge in [-0.3, -0.25) is 20.0 Å². The van der Waals surface area contributed by atoms with E-state index in [9.17, 15) is 18.4 Å². The summed E-state index contributed by atoms with van der Waals surface area (Å²) in [6.45, 7) is 0.784. The van der Waals surface area contributed by atoms with E-state index in [2.05, 4.69) is 42.0 Å². The Morgan fingerprint density at radius 3 is 2.69 bits per heavy atom. The summed E-state index contributed by atoms with van der Waals surface area (Å²) in [7, 11) is 1.80. The number of hydrazone groups is 1. The number of amidine groups is 1. The van der Waals surface area contributed by atoms with Crippen molar-refractivity contribution < 1.29 is 22.8 Å². The third-order valence-corrected chi connectivity index (χ3v) is 6.81. The lowest BCUT2D eigenvalue weighted by Crippen LogP contribution is -2.44. The molecule has 3 heterocycles. The van der Waals surface area contributed by atoms with Gasteiger partial charge in [-0.05, 0) is 35.9 Å². The number of oxazole rings is 1. The van der Waals surface area contributed by atoms with Crippen molar-refractivity contribution >= 4 is 34.4 Å². The van der Waals surface area contributed by atoms with Gasteiger partial charge in [0.15, 0.2) is 11.4 Å². The summed E-state index contributed by atoms with van der Waals surface area (Å²) < 4.78 is 32.2. The van der Waals surface area contributed by atoms with E-state index in [0.29, 0.717) is 41.3 Å². The number of pyridine rings is 1. The number of alkyl halides is 2. The number of rotatable bonds is 10. The van der Waals surface area contributed by atoms with Gasteiger partial charge < -0.3 is 20.4 Å². The Hall–Kier alpha value is -4.95. The van der Waals surface area contributed by atoms with Crippen LogP contribution in [-0.4, -0.2) is 58.8 Å². The highest BCUT2D eigenvalue weighted by atomic mass is 19.3. The quantitative estimate of drug-likeness (QED) is 0.180. The van der Waals surface area contributed by atoms with Gasteiger partial charge in [-0.1, -0.05) is 30.3 Å². The second-order valence-electron chi connectivity index (χ2n) is 9.96. The van der Waals surface area contributed by atoms with Crippen LogP contribution in [0.1, 0.15) is 28.5 Å². The molecule has 4 aromatic rings. The number of nitrogens with one attached hydrogen (secondary N) is 5. The maximum Gasteiger partial charge on any atom is 0.269 e. The highest BCUT2D eigenvalue weighted by molar-refractivity contribution is 5.97. The molecule has 6 rings (SSSR count). The molecule has 12 nitrogen and oxygen atoms in total. The summed E-state index contributed by atoms with van der Waals surface area (Å²) in [5.74, 6) is -4.41. The molecule has 42 heavy (non-hydrogen) atoms. The molecule has 2 aromatic heterocycles. The minimum Gasteiger partial charge on any atom is -0.436 e. The van der Waals surface area contributed by atoms with Gasteiger partial charge in [0, 0.05) is 44.0 Å². The van der Waals surface area contributed by atoms with E-state index in [1.807, 2.05) is 30.3 Å². The minimum absolute atomic E-state index is 0.181. The number of carbonyl (C=O) groups excluding carboxylic acids is 2. The molecule has 1 saturated carbocycles. The van der Waals surface area contributed by atoms with Gasteiger partial charge >= 0.3 is 0 Å². The fraction of sp³-hybridized carbons (Fsp3) is 0.250. The van der Waals surface area contributed by atoms with Crippen LogP contribution in [0.2, 0.25) is 0 Å². The molecule has 2 aliphatic rings. The van der Waals surface area contributed by atoms with Crippen molar-refractivity contribution in [1.29, 1.82) is 0 Å². The molecule has 14 heteroatoms. The fourth-order valence-corrected chi connectivity index (χ4v) is 4.52. The number of hydrogen-bond acceptors (Lipinski definition) is 10. The third kappa shape index (κ3) is 5.89. The molecule has 0 unspecified atom stereocenters. The normalized spacial score (nSPS) is 18.1. The summed E-state index contributed by atoms with van der Waals surface area (Å²) in [6.07, 6.45) is 1.04. The van der Waals surface area contributed by atoms with E-state index in [-0.39, 0.29) is 23.5 Å². The van der Waals surface area contributed by atoms with Crippen LogP contribution >= 0.6 is 0 Å². The van der Waals surface area contributed by atoms with Crippen LogP contribution in [0.15, 0.2) is 76.4 Å². The van der Waals surface area contributed by atoms with Gasteiger partial charge in [0.05, 0.1) is 6.04 Å². The Morgan fingerprint density at radius 1 is 1.14 bits per heavy atom. The van der Waals surface area contributed by atoms with Crippen LogP contribution in [0.3, 0.4) is 0 Å². The van der Waals surface area contributed by atoms with E-state index < -0.39 is 24.2 Å². The standard InChI is InChI=1S/C28H27F2N9O3/c1-39-37-24(36-38-39)23(16-5-3-2-4-6-16)32-11-12-33-26(41)21-13-17(9-10-31-21)27-35-20-14-18(7-8-22(20)42-27)34-25(40)19-15-28(19,29)30/h2-10,13-14,19,23,32,38H,11-12,15H2,1H3,(H,33,41)(H,34,40)(H,36,37)/t19-,23+/m0/s1. The number of benzene rings is 2. The van der Waals surface area contributed by atoms with Crippen molar-refractivity contribution in [2.24, 2.45) is 11.0 Å². The minimum atomic E-state index is -2.95. The zero-order valence-corrected chi connectivity index (χ0v) is 22.4. The molecule has 1 fully saturated rings. The maximum absolute atomic E-state index is 13.2. The number of amides is 2. The van der Waals surface area contributed by atoms with E-state index in [0.717, 1.165) is 5.56 Å². The van der Waals surface area contributed by atoms with Crippen LogP contribution in [0.4, 0.5) is 14.5 Å². The largest absolute Gasteiger partial charge is 0.436 e. The number of nitrogens with zero attached hydrogens (tertiary/aromatic N) is 4. The SMILES string of the molecule is CN1NN=C([C@H](NCCNC(=O)c2cc(-c3nc4cc(NC(=O)[C@@H]5CC5(F)F)ccc4o3)ccn2)c2ccccc2)N1. The van der Waals surface area contributed by atoms with Crippen LogP contribution in [-0.2, 0) is 4.79 Å². The number of hydrazine groups is 2. The first-order valence-corrected chi connectivity index (χ1v) is 13.2. The summed E-state index contributed by atoms with van der Waals surface area (Å²) in [4.78, 5) is 33.5. The van der Waals surface area contributed by atoms with E-state index in [1.54, 1.807) is 42.5 Å². The topological polar surface area (TPSA) is 149 Å². The van der Waals surface area contributed by atoms with Crippen LogP contribution < -0.4 is 26.9 Å². The number of fused-ring (bicyclic) bond motifs is 1. The van der Waals surface area contributed by atoms with Crippen LogP contribution in [0, 0.1) is 5.92 Å². The molecule has 216 valence electrons. The lowest BCUT2D eigenvalue weighted by atomic mass is 10.1. The fourth-order valence-electron chi connectivity index (χ4n) is 4.52.